The molecule has 1 atom stereocenters. The van der Waals surface area contributed by atoms with E-state index in [1.165, 1.54) is 38.8 Å². The van der Waals surface area contributed by atoms with Crippen molar-refractivity contribution in [3.05, 3.63) is 35.9 Å². The van der Waals surface area contributed by atoms with E-state index in [-0.39, 0.29) is 6.10 Å². The van der Waals surface area contributed by atoms with Crippen molar-refractivity contribution < 1.29 is 5.11 Å². The summed E-state index contributed by atoms with van der Waals surface area (Å²) in [5.74, 6) is 1.82. The highest BCUT2D eigenvalue weighted by molar-refractivity contribution is 5.17. The van der Waals surface area contributed by atoms with Gasteiger partial charge in [0.05, 0.1) is 6.10 Å². The van der Waals surface area contributed by atoms with Gasteiger partial charge in [-0.25, -0.2) is 0 Å². The zero-order valence-electron chi connectivity index (χ0n) is 11.0. The standard InChI is InChI=1S/C16H23NO/c18-16(15-4-2-1-3-5-15)12-17(10-13-6-7-13)11-14-8-9-14/h1-5,13-14,16,18H,6-12H2. The number of benzene rings is 1. The Morgan fingerprint density at radius 3 is 2.06 bits per heavy atom. The highest BCUT2D eigenvalue weighted by Gasteiger charge is 2.30. The summed E-state index contributed by atoms with van der Waals surface area (Å²) >= 11 is 0. The maximum Gasteiger partial charge on any atom is 0.0916 e. The quantitative estimate of drug-likeness (QED) is 0.798. The normalized spacial score (nSPS) is 21.2. The molecule has 1 aromatic carbocycles. The maximum atomic E-state index is 10.3. The van der Waals surface area contributed by atoms with Gasteiger partial charge >= 0.3 is 0 Å². The fourth-order valence-corrected chi connectivity index (χ4v) is 2.58. The average Bonchev–Trinajstić information content (AvgIpc) is 3.26. The minimum absolute atomic E-state index is 0.330. The molecule has 98 valence electrons. The molecule has 2 saturated carbocycles. The molecule has 1 aromatic rings. The lowest BCUT2D eigenvalue weighted by Gasteiger charge is -2.25. The van der Waals surface area contributed by atoms with Crippen molar-refractivity contribution in [1.82, 2.24) is 4.90 Å². The van der Waals surface area contributed by atoms with Gasteiger partial charge in [0.1, 0.15) is 0 Å². The monoisotopic (exact) mass is 245 g/mol. The van der Waals surface area contributed by atoms with Gasteiger partial charge in [0, 0.05) is 19.6 Å². The summed E-state index contributed by atoms with van der Waals surface area (Å²) in [7, 11) is 0. The zero-order valence-corrected chi connectivity index (χ0v) is 11.0. The third-order valence-corrected chi connectivity index (χ3v) is 4.04. The van der Waals surface area contributed by atoms with Gasteiger partial charge < -0.3 is 5.11 Å². The van der Waals surface area contributed by atoms with Gasteiger partial charge in [-0.05, 0) is 43.1 Å². The summed E-state index contributed by atoms with van der Waals surface area (Å²) in [6.07, 6.45) is 5.24. The summed E-state index contributed by atoms with van der Waals surface area (Å²) in [5.41, 5.74) is 1.05. The van der Waals surface area contributed by atoms with Crippen LogP contribution in [0.3, 0.4) is 0 Å². The minimum atomic E-state index is -0.330. The predicted octanol–water partition coefficient (Wildman–Crippen LogP) is 2.84. The molecule has 0 spiro atoms. The molecule has 2 heteroatoms. The van der Waals surface area contributed by atoms with Crippen molar-refractivity contribution in [2.24, 2.45) is 11.8 Å². The van der Waals surface area contributed by atoms with Crippen molar-refractivity contribution in [2.45, 2.75) is 31.8 Å². The first-order chi connectivity index (χ1) is 8.81. The Kier molecular flexibility index (Phi) is 3.67. The van der Waals surface area contributed by atoms with Crippen LogP contribution in [0, 0.1) is 11.8 Å². The third kappa shape index (κ3) is 3.56. The van der Waals surface area contributed by atoms with Crippen molar-refractivity contribution >= 4 is 0 Å². The van der Waals surface area contributed by atoms with Crippen molar-refractivity contribution in [3.63, 3.8) is 0 Å². The topological polar surface area (TPSA) is 23.5 Å². The Morgan fingerprint density at radius 2 is 1.56 bits per heavy atom. The molecule has 1 N–H and O–H groups in total. The van der Waals surface area contributed by atoms with Crippen LogP contribution in [0.1, 0.15) is 37.4 Å². The van der Waals surface area contributed by atoms with E-state index in [2.05, 4.69) is 4.90 Å². The molecule has 2 aliphatic rings. The molecular weight excluding hydrogens is 222 g/mol. The molecule has 2 fully saturated rings. The highest BCUT2D eigenvalue weighted by atomic mass is 16.3. The smallest absolute Gasteiger partial charge is 0.0916 e. The fraction of sp³-hybridized carbons (Fsp3) is 0.625. The predicted molar refractivity (Wildman–Crippen MR) is 73.3 cm³/mol. The molecule has 0 heterocycles. The molecule has 0 bridgehead atoms. The number of aliphatic hydroxyl groups excluding tert-OH is 1. The van der Waals surface area contributed by atoms with E-state index < -0.39 is 0 Å². The Balaban J connectivity index is 1.56. The molecule has 18 heavy (non-hydrogen) atoms. The molecule has 0 aromatic heterocycles. The van der Waals surface area contributed by atoms with Crippen LogP contribution >= 0.6 is 0 Å². The number of nitrogens with zero attached hydrogens (tertiary/aromatic N) is 1. The summed E-state index contributed by atoms with van der Waals surface area (Å²) in [6, 6.07) is 10.1. The van der Waals surface area contributed by atoms with Gasteiger partial charge in [-0.15, -0.1) is 0 Å². The number of hydrogen-bond acceptors (Lipinski definition) is 2. The molecule has 2 aliphatic carbocycles. The van der Waals surface area contributed by atoms with E-state index in [1.807, 2.05) is 30.3 Å². The highest BCUT2D eigenvalue weighted by Crippen LogP contribution is 2.34. The molecule has 3 rings (SSSR count). The van der Waals surface area contributed by atoms with E-state index in [4.69, 9.17) is 0 Å². The van der Waals surface area contributed by atoms with Gasteiger partial charge in [-0.3, -0.25) is 4.90 Å². The lowest BCUT2D eigenvalue weighted by molar-refractivity contribution is 0.107. The second-order valence-electron chi connectivity index (χ2n) is 6.03. The Hall–Kier alpha value is -0.860. The van der Waals surface area contributed by atoms with Crippen LogP contribution in [0.5, 0.6) is 0 Å². The van der Waals surface area contributed by atoms with Crippen LogP contribution < -0.4 is 0 Å². The van der Waals surface area contributed by atoms with Crippen molar-refractivity contribution in [2.75, 3.05) is 19.6 Å². The van der Waals surface area contributed by atoms with Crippen molar-refractivity contribution in [3.8, 4) is 0 Å². The minimum Gasteiger partial charge on any atom is -0.387 e. The molecule has 2 nitrogen and oxygen atoms in total. The number of aliphatic hydroxyl groups is 1. The van der Waals surface area contributed by atoms with E-state index in [0.29, 0.717) is 0 Å². The van der Waals surface area contributed by atoms with Crippen LogP contribution in [0.2, 0.25) is 0 Å². The summed E-state index contributed by atoms with van der Waals surface area (Å²) in [5, 5.41) is 10.3. The summed E-state index contributed by atoms with van der Waals surface area (Å²) in [4.78, 5) is 2.49. The van der Waals surface area contributed by atoms with E-state index in [1.54, 1.807) is 0 Å². The molecule has 0 radical (unpaired) electrons. The first-order valence-corrected chi connectivity index (χ1v) is 7.26. The largest absolute Gasteiger partial charge is 0.387 e. The van der Waals surface area contributed by atoms with Gasteiger partial charge in [0.25, 0.3) is 0 Å². The lowest BCUT2D eigenvalue weighted by Crippen LogP contribution is -2.32. The Morgan fingerprint density at radius 1 is 1.00 bits per heavy atom. The lowest BCUT2D eigenvalue weighted by atomic mass is 10.1. The molecule has 0 saturated heterocycles. The molecule has 1 unspecified atom stereocenters. The Bertz CT molecular complexity index is 356. The SMILES string of the molecule is OC(CN(CC1CC1)CC1CC1)c1ccccc1. The van der Waals surface area contributed by atoms with Crippen LogP contribution in [0.15, 0.2) is 30.3 Å². The van der Waals surface area contributed by atoms with Gasteiger partial charge in [-0.1, -0.05) is 30.3 Å². The van der Waals surface area contributed by atoms with Crippen molar-refractivity contribution in [1.29, 1.82) is 0 Å². The number of hydrogen-bond donors (Lipinski definition) is 1. The maximum absolute atomic E-state index is 10.3. The average molecular weight is 245 g/mol. The second-order valence-corrected chi connectivity index (χ2v) is 6.03. The van der Waals surface area contributed by atoms with E-state index in [9.17, 15) is 5.11 Å². The first-order valence-electron chi connectivity index (χ1n) is 7.26. The van der Waals surface area contributed by atoms with E-state index >= 15 is 0 Å². The van der Waals surface area contributed by atoms with Crippen LogP contribution in [-0.2, 0) is 0 Å². The zero-order chi connectivity index (χ0) is 12.4. The van der Waals surface area contributed by atoms with Crippen LogP contribution in [0.4, 0.5) is 0 Å². The molecule has 0 aliphatic heterocycles. The number of rotatable bonds is 7. The summed E-state index contributed by atoms with van der Waals surface area (Å²) in [6.45, 7) is 3.19. The van der Waals surface area contributed by atoms with Crippen LogP contribution in [0.25, 0.3) is 0 Å². The Labute approximate surface area is 110 Å². The summed E-state index contributed by atoms with van der Waals surface area (Å²) < 4.78 is 0. The second kappa shape index (κ2) is 5.41. The van der Waals surface area contributed by atoms with Gasteiger partial charge in [0.15, 0.2) is 0 Å². The molecular formula is C16H23NO. The van der Waals surface area contributed by atoms with Crippen LogP contribution in [-0.4, -0.2) is 29.6 Å². The van der Waals surface area contributed by atoms with E-state index in [0.717, 1.165) is 23.9 Å². The molecule has 0 amide bonds. The third-order valence-electron chi connectivity index (χ3n) is 4.04. The first kappa shape index (κ1) is 12.2. The van der Waals surface area contributed by atoms with Gasteiger partial charge in [-0.2, -0.15) is 0 Å². The van der Waals surface area contributed by atoms with Gasteiger partial charge in [0.2, 0.25) is 0 Å². The fourth-order valence-electron chi connectivity index (χ4n) is 2.58.